The van der Waals surface area contributed by atoms with Gasteiger partial charge >= 0.3 is 5.97 Å². The third kappa shape index (κ3) is 4.56. The van der Waals surface area contributed by atoms with Crippen molar-refractivity contribution in [1.82, 2.24) is 5.32 Å². The first kappa shape index (κ1) is 13.7. The Morgan fingerprint density at radius 2 is 2.18 bits per heavy atom. The number of hydrogen-bond acceptors (Lipinski definition) is 3. The van der Waals surface area contributed by atoms with Crippen LogP contribution < -0.4 is 5.32 Å². The highest BCUT2D eigenvalue weighted by atomic mass is 32.1. The van der Waals surface area contributed by atoms with Crippen LogP contribution in [0.4, 0.5) is 0 Å². The van der Waals surface area contributed by atoms with E-state index in [9.17, 15) is 9.59 Å². The first-order chi connectivity index (χ1) is 8.00. The number of carboxylic acid groups (broad SMARTS) is 1. The highest BCUT2D eigenvalue weighted by Crippen LogP contribution is 2.24. The zero-order chi connectivity index (χ0) is 12.8. The third-order valence-electron chi connectivity index (χ3n) is 2.27. The van der Waals surface area contributed by atoms with Crippen LogP contribution in [0.15, 0.2) is 17.5 Å². The molecule has 1 heterocycles. The molecular weight excluding hydrogens is 238 g/mol. The Balaban J connectivity index is 2.69. The summed E-state index contributed by atoms with van der Waals surface area (Å²) in [4.78, 5) is 23.5. The topological polar surface area (TPSA) is 66.4 Å². The number of thiophene rings is 1. The molecule has 0 saturated carbocycles. The number of rotatable bonds is 6. The lowest BCUT2D eigenvalue weighted by Gasteiger charge is -2.14. The van der Waals surface area contributed by atoms with Crippen molar-refractivity contribution < 1.29 is 14.7 Å². The Morgan fingerprint density at radius 1 is 1.47 bits per heavy atom. The molecule has 0 radical (unpaired) electrons. The van der Waals surface area contributed by atoms with Crippen LogP contribution in [0.25, 0.3) is 0 Å². The van der Waals surface area contributed by atoms with E-state index >= 15 is 0 Å². The van der Waals surface area contributed by atoms with Crippen molar-refractivity contribution in [2.75, 3.05) is 6.54 Å². The van der Waals surface area contributed by atoms with Crippen molar-refractivity contribution in [3.05, 3.63) is 22.4 Å². The highest BCUT2D eigenvalue weighted by Gasteiger charge is 2.24. The molecule has 0 bridgehead atoms. The minimum atomic E-state index is -0.955. The van der Waals surface area contributed by atoms with Crippen LogP contribution in [-0.4, -0.2) is 23.5 Å². The molecule has 1 unspecified atom stereocenters. The van der Waals surface area contributed by atoms with E-state index in [0.29, 0.717) is 12.5 Å². The molecule has 94 valence electrons. The van der Waals surface area contributed by atoms with E-state index in [1.54, 1.807) is 6.07 Å². The van der Waals surface area contributed by atoms with Gasteiger partial charge in [0, 0.05) is 11.4 Å². The second-order valence-electron chi connectivity index (χ2n) is 4.30. The standard InChI is InChI=1S/C12H17NO3S/c1-8(2)7-13-12(16)9(6-11(14)15)10-4-3-5-17-10/h3-5,8-9H,6-7H2,1-2H3,(H,13,16)(H,14,15). The van der Waals surface area contributed by atoms with Crippen LogP contribution in [0, 0.1) is 5.92 Å². The zero-order valence-electron chi connectivity index (χ0n) is 9.97. The molecule has 4 nitrogen and oxygen atoms in total. The molecule has 0 aliphatic rings. The third-order valence-corrected chi connectivity index (χ3v) is 3.25. The van der Waals surface area contributed by atoms with Crippen LogP contribution in [0.3, 0.4) is 0 Å². The van der Waals surface area contributed by atoms with Gasteiger partial charge in [0.15, 0.2) is 0 Å². The number of hydrogen-bond donors (Lipinski definition) is 2. The monoisotopic (exact) mass is 255 g/mol. The Kier molecular flexibility index (Phi) is 5.15. The number of nitrogens with one attached hydrogen (secondary N) is 1. The quantitative estimate of drug-likeness (QED) is 0.818. The van der Waals surface area contributed by atoms with Gasteiger partial charge in [-0.15, -0.1) is 11.3 Å². The van der Waals surface area contributed by atoms with Crippen molar-refractivity contribution in [2.24, 2.45) is 5.92 Å². The van der Waals surface area contributed by atoms with Crippen molar-refractivity contribution in [2.45, 2.75) is 26.2 Å². The predicted octanol–water partition coefficient (Wildman–Crippen LogP) is 2.08. The van der Waals surface area contributed by atoms with Crippen molar-refractivity contribution in [1.29, 1.82) is 0 Å². The summed E-state index contributed by atoms with van der Waals surface area (Å²) in [7, 11) is 0. The number of carboxylic acids is 1. The lowest BCUT2D eigenvalue weighted by atomic mass is 10.0. The fourth-order valence-corrected chi connectivity index (χ4v) is 2.24. The molecule has 0 saturated heterocycles. The van der Waals surface area contributed by atoms with E-state index in [2.05, 4.69) is 5.32 Å². The molecule has 0 aliphatic carbocycles. The molecule has 1 aromatic rings. The molecule has 0 aliphatic heterocycles. The Morgan fingerprint density at radius 3 is 2.65 bits per heavy atom. The Labute approximate surface area is 105 Å². The molecule has 17 heavy (non-hydrogen) atoms. The van der Waals surface area contributed by atoms with Gasteiger partial charge in [-0.25, -0.2) is 0 Å². The maximum atomic E-state index is 11.9. The summed E-state index contributed by atoms with van der Waals surface area (Å²) in [6.45, 7) is 4.57. The van der Waals surface area contributed by atoms with Gasteiger partial charge in [0.1, 0.15) is 0 Å². The number of carbonyl (C=O) groups excluding carboxylic acids is 1. The summed E-state index contributed by atoms with van der Waals surface area (Å²) < 4.78 is 0. The fourth-order valence-electron chi connectivity index (χ4n) is 1.41. The number of carbonyl (C=O) groups is 2. The average molecular weight is 255 g/mol. The van der Waals surface area contributed by atoms with Gasteiger partial charge in [0.05, 0.1) is 12.3 Å². The van der Waals surface area contributed by atoms with E-state index in [1.165, 1.54) is 11.3 Å². The Bertz CT molecular complexity index is 373. The summed E-state index contributed by atoms with van der Waals surface area (Å²) in [5.74, 6) is -1.38. The largest absolute Gasteiger partial charge is 0.481 e. The van der Waals surface area contributed by atoms with Gasteiger partial charge in [-0.2, -0.15) is 0 Å². The van der Waals surface area contributed by atoms with Gasteiger partial charge in [-0.3, -0.25) is 9.59 Å². The zero-order valence-corrected chi connectivity index (χ0v) is 10.8. The van der Waals surface area contributed by atoms with Crippen molar-refractivity contribution in [3.8, 4) is 0 Å². The van der Waals surface area contributed by atoms with Gasteiger partial charge in [0.25, 0.3) is 0 Å². The molecule has 1 rings (SSSR count). The Hall–Kier alpha value is -1.36. The first-order valence-electron chi connectivity index (χ1n) is 5.53. The normalized spacial score (nSPS) is 12.4. The second-order valence-corrected chi connectivity index (χ2v) is 5.28. The summed E-state index contributed by atoms with van der Waals surface area (Å²) in [6.07, 6.45) is -0.162. The summed E-state index contributed by atoms with van der Waals surface area (Å²) in [5.41, 5.74) is 0. The van der Waals surface area contributed by atoms with E-state index < -0.39 is 11.9 Å². The summed E-state index contributed by atoms with van der Waals surface area (Å²) >= 11 is 1.41. The van der Waals surface area contributed by atoms with E-state index in [4.69, 9.17) is 5.11 Å². The van der Waals surface area contributed by atoms with Crippen molar-refractivity contribution >= 4 is 23.2 Å². The van der Waals surface area contributed by atoms with Gasteiger partial charge < -0.3 is 10.4 Å². The van der Waals surface area contributed by atoms with Crippen LogP contribution in [0.5, 0.6) is 0 Å². The maximum Gasteiger partial charge on any atom is 0.304 e. The molecule has 2 N–H and O–H groups in total. The SMILES string of the molecule is CC(C)CNC(=O)C(CC(=O)O)c1cccs1. The first-order valence-corrected chi connectivity index (χ1v) is 6.41. The molecule has 1 amide bonds. The molecule has 0 fully saturated rings. The lowest BCUT2D eigenvalue weighted by Crippen LogP contribution is -2.32. The summed E-state index contributed by atoms with van der Waals surface area (Å²) in [5, 5.41) is 13.5. The number of amides is 1. The van der Waals surface area contributed by atoms with E-state index in [1.807, 2.05) is 25.3 Å². The van der Waals surface area contributed by atoms with Crippen LogP contribution in [0.2, 0.25) is 0 Å². The second kappa shape index (κ2) is 6.39. The van der Waals surface area contributed by atoms with Crippen LogP contribution in [0.1, 0.15) is 31.1 Å². The van der Waals surface area contributed by atoms with E-state index in [-0.39, 0.29) is 12.3 Å². The van der Waals surface area contributed by atoms with E-state index in [0.717, 1.165) is 4.88 Å². The lowest BCUT2D eigenvalue weighted by molar-refractivity contribution is -0.139. The van der Waals surface area contributed by atoms with Gasteiger partial charge in [0.2, 0.25) is 5.91 Å². The number of aliphatic carboxylic acids is 1. The smallest absolute Gasteiger partial charge is 0.304 e. The molecule has 0 spiro atoms. The highest BCUT2D eigenvalue weighted by molar-refractivity contribution is 7.10. The molecule has 0 aromatic carbocycles. The van der Waals surface area contributed by atoms with Gasteiger partial charge in [-0.05, 0) is 17.4 Å². The predicted molar refractivity (Wildman–Crippen MR) is 67.2 cm³/mol. The maximum absolute atomic E-state index is 11.9. The molecule has 1 atom stereocenters. The van der Waals surface area contributed by atoms with Crippen molar-refractivity contribution in [3.63, 3.8) is 0 Å². The van der Waals surface area contributed by atoms with Gasteiger partial charge in [-0.1, -0.05) is 19.9 Å². The fraction of sp³-hybridized carbons (Fsp3) is 0.500. The molecular formula is C12H17NO3S. The minimum Gasteiger partial charge on any atom is -0.481 e. The average Bonchev–Trinajstić information content (AvgIpc) is 2.75. The minimum absolute atomic E-state index is 0.162. The van der Waals surface area contributed by atoms with Crippen LogP contribution >= 0.6 is 11.3 Å². The van der Waals surface area contributed by atoms with Crippen LogP contribution in [-0.2, 0) is 9.59 Å². The molecule has 1 aromatic heterocycles. The summed E-state index contributed by atoms with van der Waals surface area (Å²) in [6, 6.07) is 3.62. The molecule has 5 heteroatoms.